The molecule has 0 aliphatic heterocycles. The zero-order valence-corrected chi connectivity index (χ0v) is 29.0. The van der Waals surface area contributed by atoms with E-state index < -0.39 is 0 Å². The average Bonchev–Trinajstić information content (AvgIpc) is 3.47. The lowest BCUT2D eigenvalue weighted by Crippen LogP contribution is -2.41. The Morgan fingerprint density at radius 1 is 0.463 bits per heavy atom. The van der Waals surface area contributed by atoms with Crippen LogP contribution in [0.1, 0.15) is 238 Å². The fourth-order valence-electron chi connectivity index (χ4n) is 6.78. The number of imidazole rings is 1. The number of nitrogens with zero attached hydrogens (tertiary/aromatic N) is 1. The van der Waals surface area contributed by atoms with E-state index in [4.69, 9.17) is 0 Å². The summed E-state index contributed by atoms with van der Waals surface area (Å²) in [6.07, 6.45) is 47.2. The second kappa shape index (κ2) is 29.3. The lowest BCUT2D eigenvalue weighted by molar-refractivity contribution is -0.727. The quantitative estimate of drug-likeness (QED) is 0.0653. The van der Waals surface area contributed by atoms with Gasteiger partial charge in [-0.1, -0.05) is 188 Å². The van der Waals surface area contributed by atoms with Crippen LogP contribution >= 0.6 is 0 Å². The minimum atomic E-state index is 0.621. The maximum Gasteiger partial charge on any atom is 0.257 e. The summed E-state index contributed by atoms with van der Waals surface area (Å²) in [5.74, 6) is 2.24. The molecule has 0 aromatic carbocycles. The highest BCUT2D eigenvalue weighted by Crippen LogP contribution is 2.27. The van der Waals surface area contributed by atoms with E-state index in [1.807, 2.05) is 0 Å². The molecule has 1 aromatic rings. The second-order valence-electron chi connectivity index (χ2n) is 13.6. The van der Waals surface area contributed by atoms with E-state index >= 15 is 0 Å². The molecule has 0 aliphatic rings. The van der Waals surface area contributed by atoms with Crippen LogP contribution in [0.25, 0.3) is 0 Å². The molecule has 0 amide bonds. The number of rotatable bonds is 32. The Labute approximate surface area is 259 Å². The van der Waals surface area contributed by atoms with E-state index in [2.05, 4.69) is 49.6 Å². The third kappa shape index (κ3) is 21.5. The number of unbranched alkanes of at least 4 members (excludes halogenated alkanes) is 24. The lowest BCUT2D eigenvalue weighted by atomic mass is 9.93. The van der Waals surface area contributed by atoms with Crippen LogP contribution in [0.15, 0.2) is 12.4 Å². The molecule has 2 atom stereocenters. The van der Waals surface area contributed by atoms with E-state index in [1.165, 1.54) is 198 Å². The molecule has 0 fully saturated rings. The smallest absolute Gasteiger partial charge is 0.247 e. The summed E-state index contributed by atoms with van der Waals surface area (Å²) in [6, 6.07) is 0.621. The van der Waals surface area contributed by atoms with Crippen molar-refractivity contribution in [3.8, 4) is 0 Å². The summed E-state index contributed by atoms with van der Waals surface area (Å²) in [5.41, 5.74) is 0. The standard InChI is InChI=1S/C39H76N2/c1-5-8-11-14-16-18-19-20-21-22-24-26-28-31-34-38(33-30-13-10-7-3)39-40-35-36-41(39)37(4)32-29-27-25-23-17-15-12-9-6-2/h35-38H,5-34H2,1-4H3/p+1. The molecular weight excluding hydrogens is 496 g/mol. The maximum absolute atomic E-state index is 3.73. The third-order valence-electron chi connectivity index (χ3n) is 9.64. The van der Waals surface area contributed by atoms with Crippen molar-refractivity contribution in [3.63, 3.8) is 0 Å². The van der Waals surface area contributed by atoms with E-state index in [-0.39, 0.29) is 0 Å². The summed E-state index contributed by atoms with van der Waals surface area (Å²) < 4.78 is 2.62. The number of hydrogen-bond donors (Lipinski definition) is 1. The van der Waals surface area contributed by atoms with Crippen molar-refractivity contribution in [1.29, 1.82) is 0 Å². The maximum atomic E-state index is 3.73. The van der Waals surface area contributed by atoms with Crippen molar-refractivity contribution < 1.29 is 4.57 Å². The number of nitrogens with one attached hydrogen (secondary N) is 1. The van der Waals surface area contributed by atoms with Gasteiger partial charge < -0.3 is 0 Å². The van der Waals surface area contributed by atoms with Crippen LogP contribution in [0.4, 0.5) is 0 Å². The van der Waals surface area contributed by atoms with Gasteiger partial charge in [-0.3, -0.25) is 0 Å². The topological polar surface area (TPSA) is 19.7 Å². The molecule has 1 heterocycles. The third-order valence-corrected chi connectivity index (χ3v) is 9.64. The van der Waals surface area contributed by atoms with Gasteiger partial charge in [0.25, 0.3) is 5.82 Å². The van der Waals surface area contributed by atoms with Crippen molar-refractivity contribution in [2.45, 2.75) is 232 Å². The molecule has 0 saturated heterocycles. The van der Waals surface area contributed by atoms with Crippen LogP contribution < -0.4 is 4.57 Å². The number of aromatic amines is 1. The van der Waals surface area contributed by atoms with Crippen LogP contribution in [0, 0.1) is 0 Å². The minimum absolute atomic E-state index is 0.621. The zero-order chi connectivity index (χ0) is 29.6. The zero-order valence-electron chi connectivity index (χ0n) is 29.0. The number of hydrogen-bond acceptors (Lipinski definition) is 0. The van der Waals surface area contributed by atoms with Crippen LogP contribution in [0.3, 0.4) is 0 Å². The SMILES string of the molecule is CCCCCCCCCCCCCCCCC(CCCCCC)c1[nH]cc[n+]1C(C)CCCCCCCCCCC. The molecule has 0 radical (unpaired) electrons. The Bertz CT molecular complexity index is 635. The molecule has 242 valence electrons. The summed E-state index contributed by atoms with van der Waals surface area (Å²) >= 11 is 0. The normalized spacial score (nSPS) is 13.2. The Balaban J connectivity index is 2.30. The van der Waals surface area contributed by atoms with Gasteiger partial charge in [-0.25, -0.2) is 9.55 Å². The molecule has 2 nitrogen and oxygen atoms in total. The average molecular weight is 574 g/mol. The van der Waals surface area contributed by atoms with Crippen molar-refractivity contribution in [1.82, 2.24) is 4.98 Å². The first kappa shape index (κ1) is 38.2. The van der Waals surface area contributed by atoms with Gasteiger partial charge in [0.15, 0.2) is 0 Å². The van der Waals surface area contributed by atoms with Gasteiger partial charge in [0.1, 0.15) is 12.4 Å². The minimum Gasteiger partial charge on any atom is -0.247 e. The van der Waals surface area contributed by atoms with Gasteiger partial charge in [0.2, 0.25) is 0 Å². The second-order valence-corrected chi connectivity index (χ2v) is 13.6. The first-order chi connectivity index (χ1) is 20.2. The van der Waals surface area contributed by atoms with Crippen molar-refractivity contribution in [3.05, 3.63) is 18.2 Å². The summed E-state index contributed by atoms with van der Waals surface area (Å²) in [6.45, 7) is 9.41. The van der Waals surface area contributed by atoms with Gasteiger partial charge in [-0.15, -0.1) is 0 Å². The summed E-state index contributed by atoms with van der Waals surface area (Å²) in [7, 11) is 0. The predicted molar refractivity (Wildman–Crippen MR) is 184 cm³/mol. The Morgan fingerprint density at radius 3 is 1.17 bits per heavy atom. The molecule has 1 N–H and O–H groups in total. The molecule has 41 heavy (non-hydrogen) atoms. The van der Waals surface area contributed by atoms with Crippen LogP contribution in [-0.2, 0) is 0 Å². The Morgan fingerprint density at radius 2 is 0.780 bits per heavy atom. The molecule has 0 bridgehead atoms. The molecule has 1 rings (SSSR count). The largest absolute Gasteiger partial charge is 0.257 e. The van der Waals surface area contributed by atoms with Crippen molar-refractivity contribution in [2.24, 2.45) is 0 Å². The van der Waals surface area contributed by atoms with Crippen LogP contribution in [0.2, 0.25) is 0 Å². The first-order valence-corrected chi connectivity index (χ1v) is 19.3. The summed E-state index contributed by atoms with van der Waals surface area (Å²) in [4.78, 5) is 3.73. The van der Waals surface area contributed by atoms with Gasteiger partial charge in [0.05, 0.1) is 12.0 Å². The van der Waals surface area contributed by atoms with Gasteiger partial charge in [0, 0.05) is 0 Å². The van der Waals surface area contributed by atoms with Crippen molar-refractivity contribution in [2.75, 3.05) is 0 Å². The van der Waals surface area contributed by atoms with E-state index in [0.29, 0.717) is 12.0 Å². The highest BCUT2D eigenvalue weighted by Gasteiger charge is 2.25. The Hall–Kier alpha value is -0.790. The van der Waals surface area contributed by atoms with Crippen LogP contribution in [0.5, 0.6) is 0 Å². The first-order valence-electron chi connectivity index (χ1n) is 19.3. The van der Waals surface area contributed by atoms with Crippen LogP contribution in [-0.4, -0.2) is 4.98 Å². The molecule has 1 aromatic heterocycles. The monoisotopic (exact) mass is 574 g/mol. The van der Waals surface area contributed by atoms with Gasteiger partial charge in [-0.05, 0) is 32.6 Å². The molecule has 0 saturated carbocycles. The van der Waals surface area contributed by atoms with E-state index in [0.717, 1.165) is 0 Å². The highest BCUT2D eigenvalue weighted by molar-refractivity contribution is 4.90. The fourth-order valence-corrected chi connectivity index (χ4v) is 6.78. The molecule has 0 aliphatic carbocycles. The Kier molecular flexibility index (Phi) is 27.3. The number of aromatic nitrogens is 2. The molecule has 2 unspecified atom stereocenters. The fraction of sp³-hybridized carbons (Fsp3) is 0.923. The highest BCUT2D eigenvalue weighted by atomic mass is 15.1. The molecule has 0 spiro atoms. The lowest BCUT2D eigenvalue weighted by Gasteiger charge is -2.17. The predicted octanol–water partition coefficient (Wildman–Crippen LogP) is 13.7. The van der Waals surface area contributed by atoms with E-state index in [9.17, 15) is 0 Å². The van der Waals surface area contributed by atoms with Gasteiger partial charge >= 0.3 is 0 Å². The van der Waals surface area contributed by atoms with Gasteiger partial charge in [-0.2, -0.15) is 0 Å². The molecular formula is C39H77N2+. The van der Waals surface area contributed by atoms with E-state index in [1.54, 1.807) is 0 Å². The molecule has 2 heteroatoms. The van der Waals surface area contributed by atoms with Crippen molar-refractivity contribution >= 4 is 0 Å². The summed E-state index contributed by atoms with van der Waals surface area (Å²) in [5, 5.41) is 0. The number of H-pyrrole nitrogens is 1.